The van der Waals surface area contributed by atoms with Gasteiger partial charge in [-0.15, -0.1) is 0 Å². The fourth-order valence-electron chi connectivity index (χ4n) is 2.87. The quantitative estimate of drug-likeness (QED) is 0.296. The van der Waals surface area contributed by atoms with E-state index >= 15 is 0 Å². The molecule has 0 amide bonds. The van der Waals surface area contributed by atoms with E-state index in [-0.39, 0.29) is 63.3 Å². The molecule has 2 aromatic carbocycles. The van der Waals surface area contributed by atoms with E-state index in [9.17, 15) is 10.2 Å². The molecule has 2 aliphatic heterocycles. The molecule has 8 heteroatoms. The van der Waals surface area contributed by atoms with E-state index in [1.54, 1.807) is 49.2 Å². The van der Waals surface area contributed by atoms with Gasteiger partial charge in [-0.05, 0) is 48.6 Å². The first kappa shape index (κ1) is 31.0. The van der Waals surface area contributed by atoms with Gasteiger partial charge in [-0.1, -0.05) is 48.6 Å². The molecule has 2 N–H and O–H groups in total. The fraction of sp³-hybridized carbons (Fsp3) is 0.0714. The van der Waals surface area contributed by atoms with Crippen molar-refractivity contribution in [2.24, 2.45) is 0 Å². The maximum Gasteiger partial charge on any atom is 2.00 e. The first-order valence-corrected chi connectivity index (χ1v) is 10.7. The summed E-state index contributed by atoms with van der Waals surface area (Å²) >= 11 is 0. The zero-order valence-electron chi connectivity index (χ0n) is 24.0. The molecule has 0 radical (unpaired) electrons. The number of pyridine rings is 2. The van der Waals surface area contributed by atoms with Crippen molar-refractivity contribution in [2.75, 3.05) is 13.2 Å². The minimum absolute atomic E-state index is 0. The molecule has 180 valence electrons. The number of benzene rings is 2. The third kappa shape index (κ3) is 10.7. The largest absolute Gasteiger partial charge is 2.00 e. The van der Waals surface area contributed by atoms with Crippen molar-refractivity contribution in [2.45, 2.75) is 0 Å². The number of aromatic nitrogens is 2. The Morgan fingerprint density at radius 1 is 0.583 bits per heavy atom. The van der Waals surface area contributed by atoms with Gasteiger partial charge in [0.2, 0.25) is 0 Å². The third-order valence-corrected chi connectivity index (χ3v) is 4.45. The first-order chi connectivity index (χ1) is 16.8. The standard InChI is InChI=1S/2C9H7NO.2C5H6O.2Mg.4H/c2*11-8-5-1-3-7-4-2-6-10-9(7)8;2*1-2-4-6-5-3-1;;;;;;/h2*1-6,11H;2*1-4H,5H2;;;;;;/q;;;;2*+2;4*-1. The number of para-hydroxylation sites is 2. The van der Waals surface area contributed by atoms with Crippen molar-refractivity contribution in [1.29, 1.82) is 0 Å². The summed E-state index contributed by atoms with van der Waals surface area (Å²) in [6.07, 6.45) is 18.3. The molecular weight excluding hydrogens is 477 g/mol. The molecule has 0 unspecified atom stereocenters. The van der Waals surface area contributed by atoms with E-state index in [4.69, 9.17) is 9.47 Å². The van der Waals surface area contributed by atoms with Crippen LogP contribution in [0.25, 0.3) is 21.8 Å². The van der Waals surface area contributed by atoms with Crippen LogP contribution in [0.15, 0.2) is 122 Å². The van der Waals surface area contributed by atoms with E-state index in [0.717, 1.165) is 24.0 Å². The van der Waals surface area contributed by atoms with Crippen molar-refractivity contribution in [3.63, 3.8) is 0 Å². The van der Waals surface area contributed by atoms with Crippen LogP contribution < -0.4 is 0 Å². The van der Waals surface area contributed by atoms with Crippen LogP contribution in [0.1, 0.15) is 5.71 Å². The molecule has 0 spiro atoms. The Morgan fingerprint density at radius 2 is 1.00 bits per heavy atom. The normalized spacial score (nSPS) is 12.0. The summed E-state index contributed by atoms with van der Waals surface area (Å²) in [5.41, 5.74) is 1.32. The van der Waals surface area contributed by atoms with Gasteiger partial charge in [0.1, 0.15) is 35.7 Å². The minimum Gasteiger partial charge on any atom is -1.00 e. The Balaban J connectivity index is -0.000000212. The third-order valence-electron chi connectivity index (χ3n) is 4.45. The van der Waals surface area contributed by atoms with Crippen molar-refractivity contribution in [3.8, 4) is 11.5 Å². The number of allylic oxidation sites excluding steroid dienone is 4. The molecule has 0 bridgehead atoms. The second-order valence-electron chi connectivity index (χ2n) is 6.88. The summed E-state index contributed by atoms with van der Waals surface area (Å²) in [7, 11) is 0. The molecular formula is C28H30Mg2N2O4. The number of ether oxygens (including phenoxy) is 2. The Labute approximate surface area is 248 Å². The Bertz CT molecular complexity index is 1190. The van der Waals surface area contributed by atoms with Crippen LogP contribution in [0.4, 0.5) is 0 Å². The maximum atomic E-state index is 9.31. The van der Waals surface area contributed by atoms with Gasteiger partial charge in [0.05, 0.1) is 12.5 Å². The molecule has 36 heavy (non-hydrogen) atoms. The van der Waals surface area contributed by atoms with Gasteiger partial charge in [-0.25, -0.2) is 0 Å². The SMILES string of the molecule is C1=CCOC=C1.C1=CCOC=C1.Oc1cccc2cccnc12.Oc1cccc2cccnc12.[H-].[H-].[H-].[H-].[Mg+2].[Mg+2]. The summed E-state index contributed by atoms with van der Waals surface area (Å²) < 4.78 is 9.60. The van der Waals surface area contributed by atoms with Gasteiger partial charge < -0.3 is 25.4 Å². The van der Waals surface area contributed by atoms with Gasteiger partial charge in [0, 0.05) is 23.2 Å². The van der Waals surface area contributed by atoms with Gasteiger partial charge in [-0.3, -0.25) is 9.97 Å². The Kier molecular flexibility index (Phi) is 15.7. The second-order valence-corrected chi connectivity index (χ2v) is 6.88. The maximum absolute atomic E-state index is 9.31. The molecule has 6 rings (SSSR count). The van der Waals surface area contributed by atoms with E-state index in [1.807, 2.05) is 72.9 Å². The predicted molar refractivity (Wildman–Crippen MR) is 151 cm³/mol. The average molecular weight is 507 g/mol. The molecule has 2 aliphatic rings. The number of hydrogen-bond acceptors (Lipinski definition) is 6. The van der Waals surface area contributed by atoms with Crippen LogP contribution >= 0.6 is 0 Å². The summed E-state index contributed by atoms with van der Waals surface area (Å²) in [6, 6.07) is 18.3. The van der Waals surface area contributed by atoms with E-state index in [2.05, 4.69) is 9.97 Å². The second kappa shape index (κ2) is 18.3. The van der Waals surface area contributed by atoms with Crippen molar-refractivity contribution >= 4 is 67.9 Å². The van der Waals surface area contributed by atoms with Crippen LogP contribution in [0.3, 0.4) is 0 Å². The number of fused-ring (bicyclic) bond motifs is 2. The van der Waals surface area contributed by atoms with Gasteiger partial charge >= 0.3 is 46.1 Å². The molecule has 0 aliphatic carbocycles. The number of phenols is 2. The fourth-order valence-corrected chi connectivity index (χ4v) is 2.87. The number of nitrogens with zero attached hydrogens (tertiary/aromatic N) is 2. The first-order valence-electron chi connectivity index (χ1n) is 10.7. The molecule has 0 atom stereocenters. The summed E-state index contributed by atoms with van der Waals surface area (Å²) in [6.45, 7) is 1.47. The number of hydrogen-bond donors (Lipinski definition) is 2. The van der Waals surface area contributed by atoms with Gasteiger partial charge in [0.25, 0.3) is 0 Å². The number of phenolic OH excluding ortho intramolecular Hbond substituents is 2. The van der Waals surface area contributed by atoms with Crippen LogP contribution in [0.5, 0.6) is 11.5 Å². The van der Waals surface area contributed by atoms with Crippen molar-refractivity contribution in [1.82, 2.24) is 9.97 Å². The minimum atomic E-state index is 0. The van der Waals surface area contributed by atoms with Crippen molar-refractivity contribution < 1.29 is 25.4 Å². The predicted octanol–water partition coefficient (Wildman–Crippen LogP) is 5.74. The molecule has 2 aromatic heterocycles. The zero-order chi connectivity index (χ0) is 23.8. The molecule has 4 heterocycles. The van der Waals surface area contributed by atoms with Crippen LogP contribution in [0.2, 0.25) is 0 Å². The zero-order valence-corrected chi connectivity index (χ0v) is 22.8. The van der Waals surface area contributed by atoms with E-state index in [0.29, 0.717) is 11.0 Å². The van der Waals surface area contributed by atoms with Gasteiger partial charge in [0.15, 0.2) is 0 Å². The smallest absolute Gasteiger partial charge is 1.00 e. The Morgan fingerprint density at radius 3 is 1.28 bits per heavy atom. The molecule has 4 aromatic rings. The Hall–Kier alpha value is -3.05. The topological polar surface area (TPSA) is 84.7 Å². The van der Waals surface area contributed by atoms with E-state index in [1.165, 1.54) is 0 Å². The summed E-state index contributed by atoms with van der Waals surface area (Å²) in [5, 5.41) is 20.5. The number of aromatic hydroxyl groups is 2. The monoisotopic (exact) mass is 506 g/mol. The molecule has 0 saturated carbocycles. The average Bonchev–Trinajstić information content (AvgIpc) is 2.93. The van der Waals surface area contributed by atoms with Gasteiger partial charge in [-0.2, -0.15) is 0 Å². The van der Waals surface area contributed by atoms with Crippen LogP contribution in [-0.2, 0) is 9.47 Å². The summed E-state index contributed by atoms with van der Waals surface area (Å²) in [4.78, 5) is 8.06. The number of rotatable bonds is 0. The molecule has 6 nitrogen and oxygen atoms in total. The van der Waals surface area contributed by atoms with Crippen LogP contribution in [0, 0.1) is 0 Å². The van der Waals surface area contributed by atoms with Crippen molar-refractivity contribution in [3.05, 3.63) is 122 Å². The molecule has 0 fully saturated rings. The molecule has 0 saturated heterocycles. The van der Waals surface area contributed by atoms with E-state index < -0.39 is 0 Å². The summed E-state index contributed by atoms with van der Waals surface area (Å²) in [5.74, 6) is 0.478. The van der Waals surface area contributed by atoms with Crippen LogP contribution in [-0.4, -0.2) is 79.5 Å².